The van der Waals surface area contributed by atoms with Crippen LogP contribution in [0.2, 0.25) is 0 Å². The summed E-state index contributed by atoms with van der Waals surface area (Å²) >= 11 is 0. The van der Waals surface area contributed by atoms with Gasteiger partial charge in [-0.1, -0.05) is 36.4 Å². The molecule has 0 fully saturated rings. The number of alkyl halides is 3. The van der Waals surface area contributed by atoms with Crippen LogP contribution in [-0.2, 0) is 22.3 Å². The van der Waals surface area contributed by atoms with Crippen LogP contribution in [0, 0.1) is 20.8 Å². The van der Waals surface area contributed by atoms with Crippen molar-refractivity contribution < 1.29 is 27.6 Å². The SMILES string of the molecule is CC(=O)Nc1c(C)cc(C)c(NC(=O)C(=O)c2cn(Cc3cccc(C(F)(F)F)c3)c3ccccc23)c1C. The third kappa shape index (κ3) is 5.32. The van der Waals surface area contributed by atoms with Crippen LogP contribution >= 0.6 is 0 Å². The smallest absolute Gasteiger partial charge is 0.342 e. The standard InChI is InChI=1S/C29H26F3N3O3/c1-16-12-17(2)26(18(3)25(16)33-19(4)36)34-28(38)27(37)23-15-35(24-11-6-5-10-22(23)24)14-20-8-7-9-21(13-20)29(30,31)32/h5-13,15H,14H2,1-4H3,(H,33,36)(H,34,38). The molecular weight excluding hydrogens is 495 g/mol. The first-order valence-electron chi connectivity index (χ1n) is 11.8. The quantitative estimate of drug-likeness (QED) is 0.227. The third-order valence-electron chi connectivity index (χ3n) is 6.36. The van der Waals surface area contributed by atoms with E-state index in [1.54, 1.807) is 54.8 Å². The molecule has 1 heterocycles. The number of nitrogens with zero attached hydrogens (tertiary/aromatic N) is 1. The topological polar surface area (TPSA) is 80.2 Å². The molecule has 2 N–H and O–H groups in total. The molecule has 2 amide bonds. The van der Waals surface area contributed by atoms with E-state index in [1.807, 2.05) is 6.92 Å². The molecule has 0 unspecified atom stereocenters. The van der Waals surface area contributed by atoms with Crippen molar-refractivity contribution in [1.29, 1.82) is 0 Å². The van der Waals surface area contributed by atoms with E-state index in [0.29, 0.717) is 33.4 Å². The molecule has 0 bridgehead atoms. The first kappa shape index (κ1) is 26.7. The lowest BCUT2D eigenvalue weighted by atomic mass is 10.0. The van der Waals surface area contributed by atoms with Crippen LogP contribution in [0.15, 0.2) is 60.8 Å². The van der Waals surface area contributed by atoms with Crippen LogP contribution in [-0.4, -0.2) is 22.2 Å². The molecule has 0 atom stereocenters. The largest absolute Gasteiger partial charge is 0.416 e. The summed E-state index contributed by atoms with van der Waals surface area (Å²) in [6, 6.07) is 13.7. The first-order valence-corrected chi connectivity index (χ1v) is 11.8. The van der Waals surface area contributed by atoms with E-state index in [4.69, 9.17) is 0 Å². The Morgan fingerprint density at radius 3 is 2.18 bits per heavy atom. The number of rotatable bonds is 6. The second-order valence-corrected chi connectivity index (χ2v) is 9.24. The van der Waals surface area contributed by atoms with E-state index >= 15 is 0 Å². The summed E-state index contributed by atoms with van der Waals surface area (Å²) in [6.07, 6.45) is -2.98. The Morgan fingerprint density at radius 1 is 0.868 bits per heavy atom. The minimum Gasteiger partial charge on any atom is -0.342 e. The van der Waals surface area contributed by atoms with Gasteiger partial charge in [-0.2, -0.15) is 13.2 Å². The predicted octanol–water partition coefficient (Wildman–Crippen LogP) is 6.41. The Morgan fingerprint density at radius 2 is 1.53 bits per heavy atom. The van der Waals surface area contributed by atoms with E-state index < -0.39 is 23.4 Å². The molecule has 0 aliphatic rings. The Labute approximate surface area is 217 Å². The summed E-state index contributed by atoms with van der Waals surface area (Å²) < 4.78 is 41.2. The van der Waals surface area contributed by atoms with Gasteiger partial charge in [-0.15, -0.1) is 0 Å². The number of nitrogens with one attached hydrogen (secondary N) is 2. The van der Waals surface area contributed by atoms with Crippen molar-refractivity contribution in [3.05, 3.63) is 94.2 Å². The molecule has 0 spiro atoms. The minimum atomic E-state index is -4.47. The third-order valence-corrected chi connectivity index (χ3v) is 6.36. The van der Waals surface area contributed by atoms with Crippen LogP contribution in [0.25, 0.3) is 10.9 Å². The maximum absolute atomic E-state index is 13.3. The number of amides is 2. The summed E-state index contributed by atoms with van der Waals surface area (Å²) in [5, 5.41) is 5.96. The average Bonchev–Trinajstić information content (AvgIpc) is 3.21. The van der Waals surface area contributed by atoms with E-state index in [2.05, 4.69) is 10.6 Å². The lowest BCUT2D eigenvalue weighted by molar-refractivity contribution is -0.137. The fraction of sp³-hybridized carbons (Fsp3) is 0.207. The summed E-state index contributed by atoms with van der Waals surface area (Å²) in [7, 11) is 0. The van der Waals surface area contributed by atoms with Crippen molar-refractivity contribution >= 4 is 39.9 Å². The molecular formula is C29H26F3N3O3. The summed E-state index contributed by atoms with van der Waals surface area (Å²) in [5.74, 6) is -1.91. The Balaban J connectivity index is 1.67. The number of ketones is 1. The molecule has 9 heteroatoms. The van der Waals surface area contributed by atoms with Gasteiger partial charge in [-0.3, -0.25) is 14.4 Å². The van der Waals surface area contributed by atoms with Gasteiger partial charge >= 0.3 is 6.18 Å². The minimum absolute atomic E-state index is 0.0790. The van der Waals surface area contributed by atoms with Crippen molar-refractivity contribution in [2.45, 2.75) is 40.4 Å². The number of para-hydroxylation sites is 1. The van der Waals surface area contributed by atoms with Crippen LogP contribution in [0.5, 0.6) is 0 Å². The fourth-order valence-corrected chi connectivity index (χ4v) is 4.64. The van der Waals surface area contributed by atoms with Gasteiger partial charge < -0.3 is 15.2 Å². The first-order chi connectivity index (χ1) is 17.9. The van der Waals surface area contributed by atoms with Gasteiger partial charge in [0.15, 0.2) is 0 Å². The number of fused-ring (bicyclic) bond motifs is 1. The van der Waals surface area contributed by atoms with Crippen molar-refractivity contribution in [3.8, 4) is 0 Å². The van der Waals surface area contributed by atoms with Crippen molar-refractivity contribution in [2.75, 3.05) is 10.6 Å². The number of hydrogen-bond acceptors (Lipinski definition) is 3. The van der Waals surface area contributed by atoms with Gasteiger partial charge in [0.1, 0.15) is 0 Å². The van der Waals surface area contributed by atoms with Crippen LogP contribution in [0.4, 0.5) is 24.5 Å². The summed E-state index contributed by atoms with van der Waals surface area (Å²) in [5.41, 5.74) is 3.52. The highest BCUT2D eigenvalue weighted by atomic mass is 19.4. The number of Topliss-reactive ketones (excluding diaryl/α,β-unsaturated/α-hetero) is 1. The molecule has 0 radical (unpaired) electrons. The lowest BCUT2D eigenvalue weighted by Crippen LogP contribution is -2.24. The van der Waals surface area contributed by atoms with Gasteiger partial charge in [0.05, 0.1) is 11.1 Å². The maximum Gasteiger partial charge on any atom is 0.416 e. The van der Waals surface area contributed by atoms with E-state index in [0.717, 1.165) is 23.3 Å². The Kier molecular flexibility index (Phi) is 7.13. The lowest BCUT2D eigenvalue weighted by Gasteiger charge is -2.18. The second-order valence-electron chi connectivity index (χ2n) is 9.24. The van der Waals surface area contributed by atoms with Gasteiger partial charge in [-0.05, 0) is 61.2 Å². The number of aryl methyl sites for hydroxylation is 2. The van der Waals surface area contributed by atoms with Gasteiger partial charge in [0.2, 0.25) is 5.91 Å². The molecule has 0 saturated heterocycles. The molecule has 6 nitrogen and oxygen atoms in total. The number of anilines is 2. The molecule has 3 aromatic carbocycles. The second kappa shape index (κ2) is 10.2. The molecule has 0 aliphatic carbocycles. The Hall–Kier alpha value is -4.40. The van der Waals surface area contributed by atoms with Crippen molar-refractivity contribution in [3.63, 3.8) is 0 Å². The predicted molar refractivity (Wildman–Crippen MR) is 140 cm³/mol. The number of hydrogen-bond donors (Lipinski definition) is 2. The van der Waals surface area contributed by atoms with Crippen LogP contribution < -0.4 is 10.6 Å². The zero-order valence-corrected chi connectivity index (χ0v) is 21.3. The van der Waals surface area contributed by atoms with E-state index in [-0.39, 0.29) is 18.0 Å². The Bertz CT molecular complexity index is 1590. The normalized spacial score (nSPS) is 11.4. The molecule has 4 aromatic rings. The summed E-state index contributed by atoms with van der Waals surface area (Å²) in [6.45, 7) is 6.83. The molecule has 38 heavy (non-hydrogen) atoms. The number of benzene rings is 3. The molecule has 1 aromatic heterocycles. The number of halogens is 3. The van der Waals surface area contributed by atoms with Crippen molar-refractivity contribution in [1.82, 2.24) is 4.57 Å². The van der Waals surface area contributed by atoms with E-state index in [1.165, 1.54) is 19.2 Å². The number of carbonyl (C=O) groups excluding carboxylic acids is 3. The van der Waals surface area contributed by atoms with Crippen LogP contribution in [0.3, 0.4) is 0 Å². The van der Waals surface area contributed by atoms with Gasteiger partial charge in [0, 0.05) is 41.9 Å². The zero-order chi connectivity index (χ0) is 27.8. The molecule has 4 rings (SSSR count). The molecule has 196 valence electrons. The highest BCUT2D eigenvalue weighted by molar-refractivity contribution is 6.48. The summed E-state index contributed by atoms with van der Waals surface area (Å²) in [4.78, 5) is 38.1. The number of aromatic nitrogens is 1. The van der Waals surface area contributed by atoms with E-state index in [9.17, 15) is 27.6 Å². The molecule has 0 aliphatic heterocycles. The van der Waals surface area contributed by atoms with Crippen LogP contribution in [0.1, 0.15) is 45.1 Å². The van der Waals surface area contributed by atoms with Gasteiger partial charge in [0.25, 0.3) is 11.7 Å². The zero-order valence-electron chi connectivity index (χ0n) is 21.3. The monoisotopic (exact) mass is 521 g/mol. The highest BCUT2D eigenvalue weighted by Crippen LogP contribution is 2.32. The maximum atomic E-state index is 13.3. The molecule has 0 saturated carbocycles. The average molecular weight is 522 g/mol. The number of carbonyl (C=O) groups is 3. The van der Waals surface area contributed by atoms with Gasteiger partial charge in [-0.25, -0.2) is 0 Å². The fourth-order valence-electron chi connectivity index (χ4n) is 4.64. The highest BCUT2D eigenvalue weighted by Gasteiger charge is 2.30. The van der Waals surface area contributed by atoms with Crippen molar-refractivity contribution in [2.24, 2.45) is 0 Å².